The summed E-state index contributed by atoms with van der Waals surface area (Å²) in [6.45, 7) is 0. The summed E-state index contributed by atoms with van der Waals surface area (Å²) in [7, 11) is 1.58. The van der Waals surface area contributed by atoms with E-state index in [1.807, 2.05) is 30.5 Å². The lowest BCUT2D eigenvalue weighted by molar-refractivity contribution is -0.121. The molecule has 0 bridgehead atoms. The van der Waals surface area contributed by atoms with Crippen LogP contribution in [0.5, 0.6) is 0 Å². The van der Waals surface area contributed by atoms with E-state index < -0.39 is 11.6 Å². The van der Waals surface area contributed by atoms with Crippen LogP contribution >= 0.6 is 23.5 Å². The van der Waals surface area contributed by atoms with Gasteiger partial charge in [-0.25, -0.2) is 13.8 Å². The smallest absolute Gasteiger partial charge is 0.266 e. The summed E-state index contributed by atoms with van der Waals surface area (Å²) in [6.07, 6.45) is 3.77. The fraction of sp³-hybridized carbons (Fsp3) is 0.111. The van der Waals surface area contributed by atoms with Gasteiger partial charge >= 0.3 is 0 Å². The van der Waals surface area contributed by atoms with Crippen molar-refractivity contribution in [1.29, 1.82) is 0 Å². The number of amidine groups is 1. The summed E-state index contributed by atoms with van der Waals surface area (Å²) in [5, 5.41) is 0.350. The van der Waals surface area contributed by atoms with E-state index in [1.165, 1.54) is 11.0 Å². The molecule has 25 heavy (non-hydrogen) atoms. The van der Waals surface area contributed by atoms with Crippen LogP contribution in [0.15, 0.2) is 57.3 Å². The molecule has 3 rings (SSSR count). The molecule has 1 aliphatic heterocycles. The number of amides is 1. The number of hydrogen-bond acceptors (Lipinski definition) is 4. The number of carbonyl (C=O) groups excluding carboxylic acids is 1. The summed E-state index contributed by atoms with van der Waals surface area (Å²) in [6, 6.07) is 11.0. The van der Waals surface area contributed by atoms with E-state index in [4.69, 9.17) is 0 Å². The molecule has 0 spiro atoms. The van der Waals surface area contributed by atoms with Crippen LogP contribution in [0.25, 0.3) is 6.08 Å². The predicted molar refractivity (Wildman–Crippen MR) is 100 cm³/mol. The molecule has 1 aliphatic rings. The molecule has 1 saturated heterocycles. The molecule has 2 aromatic carbocycles. The molecule has 0 aliphatic carbocycles. The van der Waals surface area contributed by atoms with Crippen molar-refractivity contribution in [3.05, 3.63) is 64.6 Å². The minimum Gasteiger partial charge on any atom is -0.290 e. The number of likely N-dealkylation sites (N-methyl/N-ethyl adjacent to an activating group) is 1. The molecule has 1 amide bonds. The maximum absolute atomic E-state index is 13.8. The number of benzene rings is 2. The quantitative estimate of drug-likeness (QED) is 0.563. The van der Waals surface area contributed by atoms with Gasteiger partial charge in [-0.3, -0.25) is 9.69 Å². The van der Waals surface area contributed by atoms with Crippen LogP contribution in [0, 0.1) is 11.6 Å². The zero-order chi connectivity index (χ0) is 18.0. The number of rotatable bonds is 3. The topological polar surface area (TPSA) is 32.7 Å². The average molecular weight is 376 g/mol. The van der Waals surface area contributed by atoms with E-state index in [0.29, 0.717) is 10.1 Å². The first-order chi connectivity index (χ1) is 12.0. The molecule has 0 saturated carbocycles. The van der Waals surface area contributed by atoms with Gasteiger partial charge in [0.05, 0.1) is 4.91 Å². The van der Waals surface area contributed by atoms with Crippen LogP contribution in [0.4, 0.5) is 14.5 Å². The number of hydrogen-bond donors (Lipinski definition) is 0. The molecular weight excluding hydrogens is 362 g/mol. The van der Waals surface area contributed by atoms with Gasteiger partial charge in [0.25, 0.3) is 5.91 Å². The minimum atomic E-state index is -0.765. The Morgan fingerprint density at radius 3 is 2.52 bits per heavy atom. The van der Waals surface area contributed by atoms with E-state index in [1.54, 1.807) is 24.9 Å². The van der Waals surface area contributed by atoms with Crippen LogP contribution < -0.4 is 0 Å². The second-order valence-corrected chi connectivity index (χ2v) is 7.13. The van der Waals surface area contributed by atoms with Gasteiger partial charge in [0, 0.05) is 18.0 Å². The Hall–Kier alpha value is -2.12. The van der Waals surface area contributed by atoms with Crippen molar-refractivity contribution in [2.75, 3.05) is 13.3 Å². The molecule has 7 heteroatoms. The van der Waals surface area contributed by atoms with Crippen molar-refractivity contribution in [2.24, 2.45) is 4.99 Å². The first kappa shape index (κ1) is 17.7. The second-order valence-electron chi connectivity index (χ2n) is 5.24. The van der Waals surface area contributed by atoms with Gasteiger partial charge < -0.3 is 0 Å². The van der Waals surface area contributed by atoms with E-state index in [-0.39, 0.29) is 11.6 Å². The molecule has 2 aromatic rings. The SMILES string of the molecule is CSc1ccc(/C=C2\SC(=Nc3ccc(F)cc3F)N(C)C2=O)cc1. The number of thioether (sulfide) groups is 2. The third-order valence-electron chi connectivity index (χ3n) is 3.54. The monoisotopic (exact) mass is 376 g/mol. The maximum atomic E-state index is 13.8. The van der Waals surface area contributed by atoms with Crippen molar-refractivity contribution in [1.82, 2.24) is 4.90 Å². The number of aliphatic imine (C=N–C) groups is 1. The van der Waals surface area contributed by atoms with E-state index >= 15 is 0 Å². The summed E-state index contributed by atoms with van der Waals surface area (Å²) in [5.74, 6) is -1.64. The van der Waals surface area contributed by atoms with Gasteiger partial charge in [-0.15, -0.1) is 11.8 Å². The molecule has 0 unspecified atom stereocenters. The van der Waals surface area contributed by atoms with Crippen LogP contribution in [-0.2, 0) is 4.79 Å². The summed E-state index contributed by atoms with van der Waals surface area (Å²) in [5.41, 5.74) is 0.894. The Morgan fingerprint density at radius 1 is 1.16 bits per heavy atom. The standard InChI is InChI=1S/C18H14F2N2OS2/c1-22-17(23)16(9-11-3-6-13(24-2)7-4-11)25-18(22)21-15-8-5-12(19)10-14(15)20/h3-10H,1-2H3/b16-9-,21-18?. The Labute approximate surface area is 152 Å². The molecule has 0 aromatic heterocycles. The normalized spacial score (nSPS) is 17.8. The highest BCUT2D eigenvalue weighted by atomic mass is 32.2. The van der Waals surface area contributed by atoms with E-state index in [0.717, 1.165) is 34.4 Å². The molecule has 128 valence electrons. The third-order valence-corrected chi connectivity index (χ3v) is 5.35. The largest absolute Gasteiger partial charge is 0.290 e. The molecule has 1 fully saturated rings. The highest BCUT2D eigenvalue weighted by Gasteiger charge is 2.30. The Bertz CT molecular complexity index is 879. The molecule has 1 heterocycles. The first-order valence-corrected chi connectivity index (χ1v) is 9.37. The van der Waals surface area contributed by atoms with Gasteiger partial charge in [0.15, 0.2) is 11.0 Å². The Kier molecular flexibility index (Phi) is 5.24. The Balaban J connectivity index is 1.88. The van der Waals surface area contributed by atoms with Gasteiger partial charge in [-0.1, -0.05) is 12.1 Å². The average Bonchev–Trinajstić information content (AvgIpc) is 2.86. The highest BCUT2D eigenvalue weighted by molar-refractivity contribution is 8.18. The number of nitrogens with zero attached hydrogens (tertiary/aromatic N) is 2. The van der Waals surface area contributed by atoms with Gasteiger partial charge in [-0.05, 0) is 53.9 Å². The lowest BCUT2D eigenvalue weighted by Gasteiger charge is -2.07. The highest BCUT2D eigenvalue weighted by Crippen LogP contribution is 2.33. The van der Waals surface area contributed by atoms with Crippen molar-refractivity contribution in [2.45, 2.75) is 4.90 Å². The zero-order valence-electron chi connectivity index (χ0n) is 13.5. The van der Waals surface area contributed by atoms with Crippen molar-refractivity contribution >= 4 is 46.4 Å². The molecule has 0 N–H and O–H groups in total. The fourth-order valence-corrected chi connectivity index (χ4v) is 3.57. The van der Waals surface area contributed by atoms with Gasteiger partial charge in [0.1, 0.15) is 11.5 Å². The van der Waals surface area contributed by atoms with E-state index in [2.05, 4.69) is 4.99 Å². The van der Waals surface area contributed by atoms with Gasteiger partial charge in [0.2, 0.25) is 0 Å². The van der Waals surface area contributed by atoms with Crippen LogP contribution in [-0.4, -0.2) is 29.3 Å². The van der Waals surface area contributed by atoms with Gasteiger partial charge in [-0.2, -0.15) is 0 Å². The summed E-state index contributed by atoms with van der Waals surface area (Å²) >= 11 is 2.80. The van der Waals surface area contributed by atoms with Crippen LogP contribution in [0.1, 0.15) is 5.56 Å². The van der Waals surface area contributed by atoms with E-state index in [9.17, 15) is 13.6 Å². The Morgan fingerprint density at radius 2 is 1.88 bits per heavy atom. The minimum absolute atomic E-state index is 0.00544. The lowest BCUT2D eigenvalue weighted by Crippen LogP contribution is -2.23. The first-order valence-electron chi connectivity index (χ1n) is 7.33. The number of halogens is 2. The number of carbonyl (C=O) groups is 1. The summed E-state index contributed by atoms with van der Waals surface area (Å²) in [4.78, 5) is 19.5. The molecular formula is C18H14F2N2OS2. The molecule has 0 atom stereocenters. The van der Waals surface area contributed by atoms with Crippen LogP contribution in [0.3, 0.4) is 0 Å². The second kappa shape index (κ2) is 7.41. The zero-order valence-corrected chi connectivity index (χ0v) is 15.1. The molecule has 0 radical (unpaired) electrons. The summed E-state index contributed by atoms with van der Waals surface area (Å²) < 4.78 is 26.8. The lowest BCUT2D eigenvalue weighted by atomic mass is 10.2. The fourth-order valence-electron chi connectivity index (χ4n) is 2.18. The van der Waals surface area contributed by atoms with Crippen LogP contribution in [0.2, 0.25) is 0 Å². The molecule has 3 nitrogen and oxygen atoms in total. The van der Waals surface area contributed by atoms with Crippen molar-refractivity contribution < 1.29 is 13.6 Å². The predicted octanol–water partition coefficient (Wildman–Crippen LogP) is 4.92. The third kappa shape index (κ3) is 3.93. The van der Waals surface area contributed by atoms with Crippen molar-refractivity contribution in [3.8, 4) is 0 Å². The maximum Gasteiger partial charge on any atom is 0.266 e. The van der Waals surface area contributed by atoms with Crippen molar-refractivity contribution in [3.63, 3.8) is 0 Å².